The number of hydrogen-bond acceptors (Lipinski definition) is 4. The van der Waals surface area contributed by atoms with Crippen LogP contribution in [0.3, 0.4) is 0 Å². The van der Waals surface area contributed by atoms with Gasteiger partial charge in [-0.3, -0.25) is 4.79 Å². The molecule has 2 heterocycles. The first-order valence-corrected chi connectivity index (χ1v) is 10.1. The lowest BCUT2D eigenvalue weighted by molar-refractivity contribution is -0.132. The molecular formula is C18H21FN2O4S. The number of carbonyl (C=O) groups is 1. The van der Waals surface area contributed by atoms with Gasteiger partial charge in [-0.15, -0.1) is 0 Å². The molecule has 1 aromatic heterocycles. The van der Waals surface area contributed by atoms with Crippen LogP contribution in [-0.4, -0.2) is 49.7 Å². The van der Waals surface area contributed by atoms with Crippen molar-refractivity contribution in [3.63, 3.8) is 0 Å². The van der Waals surface area contributed by atoms with Crippen molar-refractivity contribution in [2.24, 2.45) is 0 Å². The summed E-state index contributed by atoms with van der Waals surface area (Å²) in [4.78, 5) is 13.9. The molecule has 0 N–H and O–H groups in total. The monoisotopic (exact) mass is 380 g/mol. The number of rotatable bonds is 6. The zero-order valence-electron chi connectivity index (χ0n) is 14.3. The van der Waals surface area contributed by atoms with E-state index in [1.165, 1.54) is 28.6 Å². The van der Waals surface area contributed by atoms with Crippen molar-refractivity contribution < 1.29 is 22.0 Å². The Morgan fingerprint density at radius 3 is 2.38 bits per heavy atom. The molecule has 8 heteroatoms. The van der Waals surface area contributed by atoms with Crippen LogP contribution in [0, 0.1) is 5.82 Å². The summed E-state index contributed by atoms with van der Waals surface area (Å²) in [7, 11) is -3.49. The third kappa shape index (κ3) is 4.70. The van der Waals surface area contributed by atoms with Crippen molar-refractivity contribution in [2.45, 2.75) is 18.6 Å². The topological polar surface area (TPSA) is 70.8 Å². The fourth-order valence-electron chi connectivity index (χ4n) is 2.94. The van der Waals surface area contributed by atoms with E-state index in [2.05, 4.69) is 0 Å². The van der Waals surface area contributed by atoms with E-state index in [1.807, 2.05) is 6.07 Å². The van der Waals surface area contributed by atoms with E-state index in [0.717, 1.165) is 5.76 Å². The third-order valence-electron chi connectivity index (χ3n) is 4.41. The molecule has 0 radical (unpaired) electrons. The van der Waals surface area contributed by atoms with Crippen LogP contribution in [0.5, 0.6) is 0 Å². The third-order valence-corrected chi connectivity index (χ3v) is 6.26. The normalized spacial score (nSPS) is 16.0. The molecule has 1 saturated heterocycles. The van der Waals surface area contributed by atoms with Gasteiger partial charge in [0.05, 0.1) is 12.0 Å². The average Bonchev–Trinajstić information content (AvgIpc) is 3.15. The molecule has 0 saturated carbocycles. The van der Waals surface area contributed by atoms with Crippen LogP contribution >= 0.6 is 0 Å². The van der Waals surface area contributed by atoms with Crippen molar-refractivity contribution in [3.05, 3.63) is 59.8 Å². The molecule has 26 heavy (non-hydrogen) atoms. The fraction of sp³-hybridized carbons (Fsp3) is 0.389. The van der Waals surface area contributed by atoms with Crippen LogP contribution in [0.25, 0.3) is 0 Å². The maximum Gasteiger partial charge on any atom is 0.223 e. The molecule has 1 fully saturated rings. The molecule has 6 nitrogen and oxygen atoms in total. The molecule has 1 aromatic carbocycles. The quantitative estimate of drug-likeness (QED) is 0.769. The van der Waals surface area contributed by atoms with E-state index in [4.69, 9.17) is 4.42 Å². The largest absolute Gasteiger partial charge is 0.469 e. The molecule has 1 amide bonds. The van der Waals surface area contributed by atoms with Crippen LogP contribution < -0.4 is 0 Å². The Labute approximate surface area is 152 Å². The SMILES string of the molecule is O=C(CCc1ccco1)N1CCN(S(=O)(=O)Cc2ccc(F)cc2)CC1. The van der Waals surface area contributed by atoms with Crippen molar-refractivity contribution in [3.8, 4) is 0 Å². The Balaban J connectivity index is 1.50. The highest BCUT2D eigenvalue weighted by Crippen LogP contribution is 2.15. The van der Waals surface area contributed by atoms with Gasteiger partial charge in [-0.2, -0.15) is 4.31 Å². The predicted molar refractivity (Wildman–Crippen MR) is 94.2 cm³/mol. The second kappa shape index (κ2) is 8.01. The molecule has 0 unspecified atom stereocenters. The number of halogens is 1. The van der Waals surface area contributed by atoms with Crippen LogP contribution in [0.1, 0.15) is 17.7 Å². The van der Waals surface area contributed by atoms with Crippen molar-refractivity contribution >= 4 is 15.9 Å². The van der Waals surface area contributed by atoms with Gasteiger partial charge in [0.15, 0.2) is 0 Å². The van der Waals surface area contributed by atoms with E-state index in [9.17, 15) is 17.6 Å². The van der Waals surface area contributed by atoms with E-state index in [0.29, 0.717) is 31.5 Å². The molecule has 0 bridgehead atoms. The maximum atomic E-state index is 12.9. The van der Waals surface area contributed by atoms with Crippen molar-refractivity contribution in [1.82, 2.24) is 9.21 Å². The van der Waals surface area contributed by atoms with Crippen LogP contribution in [0.2, 0.25) is 0 Å². The first kappa shape index (κ1) is 18.6. The van der Waals surface area contributed by atoms with E-state index < -0.39 is 15.8 Å². The molecule has 3 rings (SSSR count). The molecule has 140 valence electrons. The Kier molecular flexibility index (Phi) is 5.73. The number of carbonyl (C=O) groups excluding carboxylic acids is 1. The molecule has 1 aliphatic rings. The number of hydrogen-bond donors (Lipinski definition) is 0. The van der Waals surface area contributed by atoms with E-state index in [1.54, 1.807) is 17.2 Å². The highest BCUT2D eigenvalue weighted by atomic mass is 32.2. The number of sulfonamides is 1. The molecule has 0 aliphatic carbocycles. The first-order valence-electron chi connectivity index (χ1n) is 8.46. The van der Waals surface area contributed by atoms with E-state index >= 15 is 0 Å². The van der Waals surface area contributed by atoms with Gasteiger partial charge in [0.25, 0.3) is 0 Å². The summed E-state index contributed by atoms with van der Waals surface area (Å²) >= 11 is 0. The number of piperazine rings is 1. The standard InChI is InChI=1S/C18H21FN2O4S/c19-16-5-3-15(4-6-16)14-26(23,24)21-11-9-20(10-12-21)18(22)8-7-17-2-1-13-25-17/h1-6,13H,7-12,14H2. The van der Waals surface area contributed by atoms with Gasteiger partial charge >= 0.3 is 0 Å². The van der Waals surface area contributed by atoms with Gasteiger partial charge in [0, 0.05) is 39.0 Å². The van der Waals surface area contributed by atoms with Gasteiger partial charge in [-0.1, -0.05) is 12.1 Å². The van der Waals surface area contributed by atoms with Gasteiger partial charge in [-0.05, 0) is 29.8 Å². The van der Waals surface area contributed by atoms with Crippen LogP contribution in [-0.2, 0) is 27.0 Å². The lowest BCUT2D eigenvalue weighted by atomic mass is 10.2. The highest BCUT2D eigenvalue weighted by molar-refractivity contribution is 7.88. The Hall–Kier alpha value is -2.19. The Morgan fingerprint density at radius 2 is 1.77 bits per heavy atom. The van der Waals surface area contributed by atoms with Gasteiger partial charge < -0.3 is 9.32 Å². The minimum Gasteiger partial charge on any atom is -0.469 e. The summed E-state index contributed by atoms with van der Waals surface area (Å²) in [6.45, 7) is 1.30. The summed E-state index contributed by atoms with van der Waals surface area (Å²) in [6.07, 6.45) is 2.45. The molecular weight excluding hydrogens is 359 g/mol. The Morgan fingerprint density at radius 1 is 1.08 bits per heavy atom. The second-order valence-corrected chi connectivity index (χ2v) is 8.21. The second-order valence-electron chi connectivity index (χ2n) is 6.24. The highest BCUT2D eigenvalue weighted by Gasteiger charge is 2.28. The van der Waals surface area contributed by atoms with Crippen LogP contribution in [0.15, 0.2) is 47.1 Å². The number of amides is 1. The molecule has 2 aromatic rings. The first-order chi connectivity index (χ1) is 12.4. The smallest absolute Gasteiger partial charge is 0.223 e. The number of furan rings is 1. The van der Waals surface area contributed by atoms with Crippen molar-refractivity contribution in [1.29, 1.82) is 0 Å². The van der Waals surface area contributed by atoms with Crippen molar-refractivity contribution in [2.75, 3.05) is 26.2 Å². The van der Waals surface area contributed by atoms with Gasteiger partial charge in [0.1, 0.15) is 11.6 Å². The molecule has 1 aliphatic heterocycles. The summed E-state index contributed by atoms with van der Waals surface area (Å²) in [5.41, 5.74) is 0.545. The minimum absolute atomic E-state index is 0.00279. The number of benzene rings is 1. The lowest BCUT2D eigenvalue weighted by Gasteiger charge is -2.34. The van der Waals surface area contributed by atoms with Gasteiger partial charge in [0.2, 0.25) is 15.9 Å². The number of aryl methyl sites for hydroxylation is 1. The minimum atomic E-state index is -3.49. The van der Waals surface area contributed by atoms with Gasteiger partial charge in [-0.25, -0.2) is 12.8 Å². The maximum absolute atomic E-state index is 12.9. The molecule has 0 spiro atoms. The number of nitrogens with zero attached hydrogens (tertiary/aromatic N) is 2. The zero-order valence-corrected chi connectivity index (χ0v) is 15.1. The summed E-state index contributed by atoms with van der Waals surface area (Å²) in [5, 5.41) is 0. The zero-order chi connectivity index (χ0) is 18.6. The summed E-state index contributed by atoms with van der Waals surface area (Å²) < 4.78 is 44.6. The fourth-order valence-corrected chi connectivity index (χ4v) is 4.46. The predicted octanol–water partition coefficient (Wildman–Crippen LogP) is 2.03. The van der Waals surface area contributed by atoms with E-state index in [-0.39, 0.29) is 24.7 Å². The molecule has 0 atom stereocenters. The summed E-state index contributed by atoms with van der Waals surface area (Å²) in [5.74, 6) is 0.198. The summed E-state index contributed by atoms with van der Waals surface area (Å²) in [6, 6.07) is 9.06. The lowest BCUT2D eigenvalue weighted by Crippen LogP contribution is -2.50. The average molecular weight is 380 g/mol. The Bertz CT molecular complexity index is 827. The van der Waals surface area contributed by atoms with Crippen LogP contribution in [0.4, 0.5) is 4.39 Å².